The number of nitrogens with zero attached hydrogens (tertiary/aromatic N) is 2. The monoisotopic (exact) mass is 250 g/mol. The molecule has 0 saturated heterocycles. The Morgan fingerprint density at radius 2 is 1.94 bits per heavy atom. The van der Waals surface area contributed by atoms with Crippen LogP contribution in [-0.2, 0) is 5.41 Å². The zero-order valence-corrected chi connectivity index (χ0v) is 11.2. The predicted octanol–water partition coefficient (Wildman–Crippen LogP) is 3.95. The van der Waals surface area contributed by atoms with Gasteiger partial charge < -0.3 is 0 Å². The molecule has 0 N–H and O–H groups in total. The fourth-order valence-electron chi connectivity index (χ4n) is 1.47. The third kappa shape index (κ3) is 2.52. The smallest absolute Gasteiger partial charge is 0.141 e. The molecule has 0 saturated carbocycles. The Balaban J connectivity index is 2.46. The zero-order chi connectivity index (χ0) is 12.6. The molecule has 0 aliphatic heterocycles. The van der Waals surface area contributed by atoms with Crippen LogP contribution in [0.15, 0.2) is 18.3 Å². The van der Waals surface area contributed by atoms with Crippen molar-refractivity contribution in [2.24, 2.45) is 0 Å². The van der Waals surface area contributed by atoms with Gasteiger partial charge in [-0.3, -0.25) is 4.98 Å². The summed E-state index contributed by atoms with van der Waals surface area (Å²) in [6.45, 7) is 8.42. The lowest BCUT2D eigenvalue weighted by Crippen LogP contribution is -2.10. The van der Waals surface area contributed by atoms with Gasteiger partial charge in [-0.15, -0.1) is 11.3 Å². The number of aromatic nitrogens is 2. The third-order valence-electron chi connectivity index (χ3n) is 2.41. The topological polar surface area (TPSA) is 25.8 Å². The minimum Gasteiger partial charge on any atom is -0.252 e. The molecule has 0 aliphatic carbocycles. The van der Waals surface area contributed by atoms with Gasteiger partial charge in [0.05, 0.1) is 16.9 Å². The minimum absolute atomic E-state index is 0.0354. The van der Waals surface area contributed by atoms with E-state index in [1.165, 1.54) is 12.3 Å². The number of thiazole rings is 1. The quantitative estimate of drug-likeness (QED) is 0.766. The second-order valence-electron chi connectivity index (χ2n) is 5.04. The van der Waals surface area contributed by atoms with E-state index in [-0.39, 0.29) is 11.2 Å². The van der Waals surface area contributed by atoms with Crippen molar-refractivity contribution in [3.05, 3.63) is 34.0 Å². The summed E-state index contributed by atoms with van der Waals surface area (Å²) in [5.41, 5.74) is 1.63. The van der Waals surface area contributed by atoms with Crippen LogP contribution in [0, 0.1) is 12.7 Å². The second-order valence-corrected chi connectivity index (χ2v) is 6.24. The maximum Gasteiger partial charge on any atom is 0.141 e. The molecule has 0 unspecified atom stereocenters. The van der Waals surface area contributed by atoms with E-state index >= 15 is 0 Å². The number of rotatable bonds is 1. The van der Waals surface area contributed by atoms with Crippen molar-refractivity contribution in [3.63, 3.8) is 0 Å². The summed E-state index contributed by atoms with van der Waals surface area (Å²) in [6, 6.07) is 3.09. The molecule has 0 bridgehead atoms. The summed E-state index contributed by atoms with van der Waals surface area (Å²) in [4.78, 5) is 9.81. The van der Waals surface area contributed by atoms with Crippen molar-refractivity contribution in [3.8, 4) is 11.4 Å². The van der Waals surface area contributed by atoms with E-state index in [9.17, 15) is 4.39 Å². The first-order chi connectivity index (χ1) is 7.88. The molecule has 0 aliphatic rings. The van der Waals surface area contributed by atoms with Crippen LogP contribution in [0.5, 0.6) is 0 Å². The lowest BCUT2D eigenvalue weighted by molar-refractivity contribution is 0.586. The standard InChI is InChI=1S/C13H15FN2S/c1-8-11(10-6-5-9(14)7-15-10)16-12(17-8)13(2,3)4/h5-7H,1-4H3. The number of halogens is 1. The fourth-order valence-corrected chi connectivity index (χ4v) is 2.45. The molecule has 0 spiro atoms. The van der Waals surface area contributed by atoms with Crippen molar-refractivity contribution in [1.82, 2.24) is 9.97 Å². The Morgan fingerprint density at radius 3 is 2.41 bits per heavy atom. The highest BCUT2D eigenvalue weighted by Crippen LogP contribution is 2.32. The first-order valence-corrected chi connectivity index (χ1v) is 6.29. The minimum atomic E-state index is -0.322. The van der Waals surface area contributed by atoms with E-state index < -0.39 is 0 Å². The molecule has 0 radical (unpaired) electrons. The molecule has 0 atom stereocenters. The number of pyridine rings is 1. The van der Waals surface area contributed by atoms with Crippen LogP contribution in [0.1, 0.15) is 30.7 Å². The van der Waals surface area contributed by atoms with Gasteiger partial charge in [-0.2, -0.15) is 0 Å². The molecule has 2 nitrogen and oxygen atoms in total. The van der Waals surface area contributed by atoms with Crippen molar-refractivity contribution in [2.75, 3.05) is 0 Å². The molecule has 2 rings (SSSR count). The first-order valence-electron chi connectivity index (χ1n) is 5.48. The van der Waals surface area contributed by atoms with Crippen LogP contribution < -0.4 is 0 Å². The highest BCUT2D eigenvalue weighted by atomic mass is 32.1. The molecule has 17 heavy (non-hydrogen) atoms. The Labute approximate surface area is 105 Å². The zero-order valence-electron chi connectivity index (χ0n) is 10.4. The lowest BCUT2D eigenvalue weighted by Gasteiger charge is -2.13. The van der Waals surface area contributed by atoms with Crippen molar-refractivity contribution >= 4 is 11.3 Å². The molecule has 2 aromatic rings. The van der Waals surface area contributed by atoms with Crippen LogP contribution in [0.2, 0.25) is 0 Å². The predicted molar refractivity (Wildman–Crippen MR) is 68.7 cm³/mol. The molecule has 90 valence electrons. The molecular formula is C13H15FN2S. The van der Waals surface area contributed by atoms with Crippen molar-refractivity contribution < 1.29 is 4.39 Å². The van der Waals surface area contributed by atoms with E-state index in [0.29, 0.717) is 0 Å². The van der Waals surface area contributed by atoms with E-state index in [1.807, 2.05) is 6.92 Å². The van der Waals surface area contributed by atoms with E-state index in [2.05, 4.69) is 30.7 Å². The molecule has 0 aromatic carbocycles. The molecule has 0 amide bonds. The number of aryl methyl sites for hydroxylation is 1. The van der Waals surface area contributed by atoms with Crippen LogP contribution in [-0.4, -0.2) is 9.97 Å². The van der Waals surface area contributed by atoms with Gasteiger partial charge in [-0.05, 0) is 19.1 Å². The molecule has 4 heteroatoms. The van der Waals surface area contributed by atoms with Crippen LogP contribution >= 0.6 is 11.3 Å². The molecular weight excluding hydrogens is 235 g/mol. The fraction of sp³-hybridized carbons (Fsp3) is 0.385. The van der Waals surface area contributed by atoms with Crippen molar-refractivity contribution in [1.29, 1.82) is 0 Å². The molecule has 2 heterocycles. The van der Waals surface area contributed by atoms with Gasteiger partial charge in [0, 0.05) is 10.3 Å². The summed E-state index contributed by atoms with van der Waals surface area (Å²) in [6.07, 6.45) is 1.23. The lowest BCUT2D eigenvalue weighted by atomic mass is 9.98. The molecule has 0 fully saturated rings. The first kappa shape index (κ1) is 12.2. The Morgan fingerprint density at radius 1 is 1.24 bits per heavy atom. The maximum atomic E-state index is 12.8. The summed E-state index contributed by atoms with van der Waals surface area (Å²) in [5.74, 6) is -0.322. The summed E-state index contributed by atoms with van der Waals surface area (Å²) in [7, 11) is 0. The highest BCUT2D eigenvalue weighted by molar-refractivity contribution is 7.12. The van der Waals surface area contributed by atoms with Gasteiger partial charge in [-0.1, -0.05) is 20.8 Å². The largest absolute Gasteiger partial charge is 0.252 e. The average molecular weight is 250 g/mol. The summed E-state index contributed by atoms with van der Waals surface area (Å²) >= 11 is 1.68. The van der Waals surface area contributed by atoms with E-state index in [1.54, 1.807) is 17.4 Å². The van der Waals surface area contributed by atoms with E-state index in [4.69, 9.17) is 0 Å². The van der Waals surface area contributed by atoms with Crippen LogP contribution in [0.3, 0.4) is 0 Å². The SMILES string of the molecule is Cc1sc(C(C)(C)C)nc1-c1ccc(F)cn1. The normalized spacial score (nSPS) is 11.8. The Kier molecular flexibility index (Phi) is 3.00. The average Bonchev–Trinajstić information content (AvgIpc) is 2.61. The van der Waals surface area contributed by atoms with Gasteiger partial charge in [-0.25, -0.2) is 9.37 Å². The van der Waals surface area contributed by atoms with Gasteiger partial charge >= 0.3 is 0 Å². The third-order valence-corrected chi connectivity index (χ3v) is 3.80. The van der Waals surface area contributed by atoms with Gasteiger partial charge in [0.1, 0.15) is 11.5 Å². The van der Waals surface area contributed by atoms with Crippen molar-refractivity contribution in [2.45, 2.75) is 33.1 Å². The Bertz CT molecular complexity index is 523. The van der Waals surface area contributed by atoms with E-state index in [0.717, 1.165) is 21.3 Å². The van der Waals surface area contributed by atoms with Crippen LogP contribution in [0.25, 0.3) is 11.4 Å². The Hall–Kier alpha value is -1.29. The highest BCUT2D eigenvalue weighted by Gasteiger charge is 2.21. The van der Waals surface area contributed by atoms with Gasteiger partial charge in [0.15, 0.2) is 0 Å². The van der Waals surface area contributed by atoms with Gasteiger partial charge in [0.25, 0.3) is 0 Å². The number of hydrogen-bond acceptors (Lipinski definition) is 3. The number of hydrogen-bond donors (Lipinski definition) is 0. The van der Waals surface area contributed by atoms with Crippen LogP contribution in [0.4, 0.5) is 4.39 Å². The van der Waals surface area contributed by atoms with Gasteiger partial charge in [0.2, 0.25) is 0 Å². The second kappa shape index (κ2) is 4.18. The maximum absolute atomic E-state index is 12.8. The summed E-state index contributed by atoms with van der Waals surface area (Å²) in [5, 5.41) is 1.08. The summed E-state index contributed by atoms with van der Waals surface area (Å²) < 4.78 is 12.8. The molecule has 2 aromatic heterocycles.